The van der Waals surface area contributed by atoms with Crippen molar-refractivity contribution in [3.63, 3.8) is 0 Å². The Labute approximate surface area is 107 Å². The summed E-state index contributed by atoms with van der Waals surface area (Å²) in [6.07, 6.45) is 0. The first-order valence-corrected chi connectivity index (χ1v) is 0.508. The van der Waals surface area contributed by atoms with Crippen LogP contribution in [0.2, 0.25) is 0 Å². The Morgan fingerprint density at radius 2 is 1.25 bits per heavy atom. The Kier molecular flexibility index (Phi) is 63.8. The van der Waals surface area contributed by atoms with Crippen LogP contribution >= 0.6 is 0 Å². The summed E-state index contributed by atoms with van der Waals surface area (Å²) in [7, 11) is 0. The summed E-state index contributed by atoms with van der Waals surface area (Å²) in [5.74, 6) is 0. The first kappa shape index (κ1) is 15.7. The van der Waals surface area contributed by atoms with E-state index in [0.717, 1.165) is 0 Å². The van der Waals surface area contributed by atoms with E-state index in [-0.39, 0.29) is 90.6 Å². The van der Waals surface area contributed by atoms with Crippen molar-refractivity contribution in [3.8, 4) is 0 Å². The third-order valence-electron chi connectivity index (χ3n) is 0. The van der Waals surface area contributed by atoms with E-state index in [2.05, 4.69) is 15.9 Å². The first-order valence-electron chi connectivity index (χ1n) is 0.123. The van der Waals surface area contributed by atoms with Gasteiger partial charge in [-0.15, -0.1) is 0 Å². The Balaban J connectivity index is -0.00000000500. The molecular formula is H2BaCeCuO. The van der Waals surface area contributed by atoms with E-state index in [1.165, 1.54) is 0 Å². The summed E-state index contributed by atoms with van der Waals surface area (Å²) in [4.78, 5) is 0. The molecule has 0 saturated heterocycles. The van der Waals surface area contributed by atoms with Crippen molar-refractivity contribution in [1.82, 2.24) is 0 Å². The molecule has 0 aliphatic rings. The molecule has 0 atom stereocenters. The van der Waals surface area contributed by atoms with Crippen LogP contribution in [0.15, 0.2) is 0 Å². The van der Waals surface area contributed by atoms with Gasteiger partial charge in [0.15, 0.2) is 0 Å². The third-order valence-corrected chi connectivity index (χ3v) is 0. The van der Waals surface area contributed by atoms with Gasteiger partial charge in [0, 0.05) is 41.7 Å². The second-order valence-electron chi connectivity index (χ2n) is 0. The van der Waals surface area contributed by atoms with Gasteiger partial charge < -0.3 is 0 Å². The normalized spacial score (nSPS) is 1.50. The van der Waals surface area contributed by atoms with Crippen molar-refractivity contribution < 1.29 is 61.5 Å². The molecule has 0 aromatic carbocycles. The minimum absolute atomic E-state index is 0. The summed E-state index contributed by atoms with van der Waals surface area (Å²) in [6.45, 7) is 0. The standard InChI is InChI=1S/Ba.Ce.Cu.O.2H. The second-order valence-corrected chi connectivity index (χ2v) is 0. The molecule has 0 heterocycles. The molecule has 0 radical (unpaired) electrons. The van der Waals surface area contributed by atoms with E-state index < -0.39 is 0 Å². The van der Waals surface area contributed by atoms with Crippen molar-refractivity contribution in [1.29, 1.82) is 0 Å². The van der Waals surface area contributed by atoms with Crippen LogP contribution in [0.5, 0.6) is 0 Å². The Morgan fingerprint density at radius 3 is 1.25 bits per heavy atom. The van der Waals surface area contributed by atoms with E-state index in [1.54, 1.807) is 0 Å². The van der Waals surface area contributed by atoms with Gasteiger partial charge in [-0.25, -0.2) is 0 Å². The molecule has 0 amide bonds. The van der Waals surface area contributed by atoms with Crippen LogP contribution < -0.4 is 0 Å². The fourth-order valence-corrected chi connectivity index (χ4v) is 0. The summed E-state index contributed by atoms with van der Waals surface area (Å²) in [5.41, 5.74) is 0. The molecule has 0 aliphatic carbocycles. The van der Waals surface area contributed by atoms with Crippen molar-refractivity contribution in [2.24, 2.45) is 0 Å². The number of hydrogen-bond donors (Lipinski definition) is 0. The maximum absolute atomic E-state index is 7.81. The van der Waals surface area contributed by atoms with E-state index in [4.69, 9.17) is 3.83 Å². The molecule has 4 heteroatoms. The average Bonchev–Trinajstić information content (AvgIpc) is 1.00. The monoisotopic (exact) mass is 359 g/mol. The van der Waals surface area contributed by atoms with E-state index in [1.807, 2.05) is 0 Å². The zero-order valence-corrected chi connectivity index (χ0v) is 5.29. The number of rotatable bonds is 0. The van der Waals surface area contributed by atoms with Crippen molar-refractivity contribution in [3.05, 3.63) is 0 Å². The summed E-state index contributed by atoms with van der Waals surface area (Å²) in [5, 5.41) is 0. The fraction of sp³-hybridized carbons (Fsp3) is 0. The van der Waals surface area contributed by atoms with Crippen LogP contribution in [0.1, 0.15) is 0 Å². The second kappa shape index (κ2) is 16.3. The van der Waals surface area contributed by atoms with Gasteiger partial charge in [-0.05, 0) is 0 Å². The van der Waals surface area contributed by atoms with Gasteiger partial charge in [0.2, 0.25) is 0 Å². The van der Waals surface area contributed by atoms with Crippen molar-refractivity contribution in [2.75, 3.05) is 0 Å². The van der Waals surface area contributed by atoms with Crippen LogP contribution in [0, 0.1) is 41.7 Å². The maximum atomic E-state index is 7.81. The van der Waals surface area contributed by atoms with Gasteiger partial charge in [0.25, 0.3) is 0 Å². The minimum atomic E-state index is 0. The molecular weight excluding hydrogens is 357 g/mol. The predicted octanol–water partition coefficient (Wildman–Crippen LogP) is -1.04. The molecule has 1 nitrogen and oxygen atoms in total. The molecule has 0 bridgehead atoms. The zero-order chi connectivity index (χ0) is 2.00. The molecule has 0 saturated carbocycles. The van der Waals surface area contributed by atoms with Crippen molar-refractivity contribution >= 4 is 48.9 Å². The molecule has 0 aliphatic heterocycles. The van der Waals surface area contributed by atoms with Crippen LogP contribution in [-0.4, -0.2) is 48.9 Å². The third kappa shape index (κ3) is 8.99. The van der Waals surface area contributed by atoms with Crippen LogP contribution in [-0.2, 0) is 19.8 Å². The Bertz CT molecular complexity index is 8.00. The Morgan fingerprint density at radius 1 is 1.25 bits per heavy atom. The van der Waals surface area contributed by atoms with Gasteiger partial charge >= 0.3 is 68.7 Å². The van der Waals surface area contributed by atoms with Gasteiger partial charge in [-0.2, -0.15) is 0 Å². The quantitative estimate of drug-likeness (QED) is 0.506. The van der Waals surface area contributed by atoms with Crippen LogP contribution in [0.4, 0.5) is 0 Å². The van der Waals surface area contributed by atoms with Gasteiger partial charge in [-0.3, -0.25) is 0 Å². The van der Waals surface area contributed by atoms with E-state index >= 15 is 0 Å². The molecule has 0 aromatic rings. The van der Waals surface area contributed by atoms with Gasteiger partial charge in [-0.1, -0.05) is 0 Å². The summed E-state index contributed by atoms with van der Waals surface area (Å²) >= 11 is 2.94. The van der Waals surface area contributed by atoms with E-state index in [9.17, 15) is 0 Å². The predicted molar refractivity (Wildman–Crippen MR) is 9.23 cm³/mol. The SMILES string of the molecule is [BaH2].[Ce].[O]=[Cu]. The zero-order valence-electron chi connectivity index (χ0n) is 1.21. The van der Waals surface area contributed by atoms with Gasteiger partial charge in [0.1, 0.15) is 0 Å². The van der Waals surface area contributed by atoms with E-state index in [0.29, 0.717) is 0 Å². The van der Waals surface area contributed by atoms with Crippen molar-refractivity contribution in [2.45, 2.75) is 0 Å². The molecule has 0 fully saturated rings. The molecule has 25 valence electrons. The Hall–Kier alpha value is 3.27. The molecule has 4 heavy (non-hydrogen) atoms. The van der Waals surface area contributed by atoms with Crippen LogP contribution in [0.3, 0.4) is 0 Å². The fourth-order valence-electron chi connectivity index (χ4n) is 0. The molecule has 0 spiro atoms. The number of hydrogen-bond acceptors (Lipinski definition) is 1. The van der Waals surface area contributed by atoms with Gasteiger partial charge in [0.05, 0.1) is 0 Å². The molecule has 0 N–H and O–H groups in total. The molecule has 0 aromatic heterocycles. The average molecular weight is 359 g/mol. The molecule has 0 unspecified atom stereocenters. The molecule has 0 rings (SSSR count). The summed E-state index contributed by atoms with van der Waals surface area (Å²) < 4.78 is 7.81. The topological polar surface area (TPSA) is 17.1 Å². The first-order chi connectivity index (χ1) is 1.00. The van der Waals surface area contributed by atoms with Crippen LogP contribution in [0.25, 0.3) is 0 Å². The summed E-state index contributed by atoms with van der Waals surface area (Å²) in [6, 6.07) is 0.